The molecule has 96 valence electrons. The van der Waals surface area contributed by atoms with Gasteiger partial charge in [0, 0.05) is 0 Å². The highest BCUT2D eigenvalue weighted by Crippen LogP contribution is 2.26. The number of aromatic nitrogens is 1. The summed E-state index contributed by atoms with van der Waals surface area (Å²) in [6.07, 6.45) is -2.88. The van der Waals surface area contributed by atoms with Crippen molar-refractivity contribution in [3.8, 4) is 11.9 Å². The van der Waals surface area contributed by atoms with Gasteiger partial charge in [0.05, 0.1) is 19.3 Å². The second-order valence-corrected chi connectivity index (χ2v) is 3.11. The number of ether oxygens (including phenoxy) is 2. The van der Waals surface area contributed by atoms with Crippen LogP contribution in [0, 0.1) is 11.3 Å². The third kappa shape index (κ3) is 2.71. The van der Waals surface area contributed by atoms with Crippen LogP contribution in [-0.4, -0.2) is 24.7 Å². The number of esters is 1. The Balaban J connectivity index is 3.41. The van der Waals surface area contributed by atoms with Crippen LogP contribution in [0.3, 0.4) is 0 Å². The van der Waals surface area contributed by atoms with Crippen LogP contribution >= 0.6 is 0 Å². The molecule has 0 aliphatic heterocycles. The molecule has 7 heteroatoms. The van der Waals surface area contributed by atoms with E-state index in [0.29, 0.717) is 0 Å². The summed E-state index contributed by atoms with van der Waals surface area (Å²) in [7, 11) is 1.17. The summed E-state index contributed by atoms with van der Waals surface area (Å²) in [5, 5.41) is 8.91. The Morgan fingerprint density at radius 3 is 2.72 bits per heavy atom. The first-order chi connectivity index (χ1) is 8.54. The van der Waals surface area contributed by atoms with Crippen LogP contribution in [0.15, 0.2) is 6.07 Å². The van der Waals surface area contributed by atoms with Crippen LogP contribution in [0.25, 0.3) is 0 Å². The molecule has 0 fully saturated rings. The van der Waals surface area contributed by atoms with Gasteiger partial charge in [-0.3, -0.25) is 0 Å². The predicted molar refractivity (Wildman–Crippen MR) is 56.4 cm³/mol. The maximum atomic E-state index is 12.6. The molecule has 1 aromatic rings. The molecule has 0 aliphatic rings. The lowest BCUT2D eigenvalue weighted by Crippen LogP contribution is -2.10. The van der Waals surface area contributed by atoms with Crippen molar-refractivity contribution >= 4 is 5.97 Å². The van der Waals surface area contributed by atoms with E-state index in [1.54, 1.807) is 13.0 Å². The summed E-state index contributed by atoms with van der Waals surface area (Å²) in [5.41, 5.74) is -1.14. The number of pyridine rings is 1. The maximum Gasteiger partial charge on any atom is 0.339 e. The van der Waals surface area contributed by atoms with Crippen molar-refractivity contribution in [2.24, 2.45) is 0 Å². The van der Waals surface area contributed by atoms with E-state index in [1.165, 1.54) is 7.11 Å². The Bertz CT molecular complexity index is 498. The van der Waals surface area contributed by atoms with Crippen molar-refractivity contribution in [3.63, 3.8) is 0 Å². The molecule has 0 atom stereocenters. The minimum absolute atomic E-state index is 0.0678. The molecule has 0 saturated heterocycles. The van der Waals surface area contributed by atoms with Crippen LogP contribution in [0.1, 0.15) is 35.0 Å². The van der Waals surface area contributed by atoms with E-state index in [-0.39, 0.29) is 23.6 Å². The quantitative estimate of drug-likeness (QED) is 0.771. The van der Waals surface area contributed by atoms with Gasteiger partial charge in [0.15, 0.2) is 0 Å². The number of rotatable bonds is 4. The van der Waals surface area contributed by atoms with Gasteiger partial charge in [-0.15, -0.1) is 0 Å². The van der Waals surface area contributed by atoms with E-state index in [0.717, 1.165) is 6.07 Å². The molecular formula is C11H10F2N2O3. The summed E-state index contributed by atoms with van der Waals surface area (Å²) >= 11 is 0. The highest BCUT2D eigenvalue weighted by atomic mass is 19.3. The standard InChI is InChI=1S/C11H10F2N2O3/c1-3-18-11(16)6-4-8(9(12)13)15-10(17-2)7(6)5-14/h4,9H,3H2,1-2H3. The Hall–Kier alpha value is -2.23. The van der Waals surface area contributed by atoms with Crippen molar-refractivity contribution in [2.45, 2.75) is 13.3 Å². The molecule has 0 amide bonds. The Labute approximate surface area is 102 Å². The zero-order chi connectivity index (χ0) is 13.7. The lowest BCUT2D eigenvalue weighted by Gasteiger charge is -2.09. The van der Waals surface area contributed by atoms with Gasteiger partial charge in [0.25, 0.3) is 6.43 Å². The third-order valence-corrected chi connectivity index (χ3v) is 2.03. The molecule has 0 spiro atoms. The fourth-order valence-corrected chi connectivity index (χ4v) is 1.28. The molecule has 1 rings (SSSR count). The van der Waals surface area contributed by atoms with E-state index in [2.05, 4.69) is 9.72 Å². The van der Waals surface area contributed by atoms with Crippen molar-refractivity contribution in [2.75, 3.05) is 13.7 Å². The van der Waals surface area contributed by atoms with Crippen LogP contribution in [0.4, 0.5) is 8.78 Å². The monoisotopic (exact) mass is 256 g/mol. The number of alkyl halides is 2. The SMILES string of the molecule is CCOC(=O)c1cc(C(F)F)nc(OC)c1C#N. The molecule has 0 aromatic carbocycles. The molecule has 0 N–H and O–H groups in total. The second kappa shape index (κ2) is 5.91. The highest BCUT2D eigenvalue weighted by molar-refractivity contribution is 5.93. The Morgan fingerprint density at radius 2 is 2.28 bits per heavy atom. The summed E-state index contributed by atoms with van der Waals surface area (Å²) in [5.74, 6) is -1.19. The molecule has 0 unspecified atom stereocenters. The van der Waals surface area contributed by atoms with Gasteiger partial charge < -0.3 is 9.47 Å². The molecule has 1 aromatic heterocycles. The molecule has 18 heavy (non-hydrogen) atoms. The van der Waals surface area contributed by atoms with Gasteiger partial charge >= 0.3 is 5.97 Å². The third-order valence-electron chi connectivity index (χ3n) is 2.03. The Morgan fingerprint density at radius 1 is 1.61 bits per heavy atom. The minimum Gasteiger partial charge on any atom is -0.480 e. The van der Waals surface area contributed by atoms with E-state index in [4.69, 9.17) is 10.00 Å². The number of nitrogens with zero attached hydrogens (tertiary/aromatic N) is 2. The molecule has 0 saturated carbocycles. The smallest absolute Gasteiger partial charge is 0.339 e. The molecule has 0 radical (unpaired) electrons. The molecular weight excluding hydrogens is 246 g/mol. The zero-order valence-electron chi connectivity index (χ0n) is 9.74. The van der Waals surface area contributed by atoms with Crippen LogP contribution in [0.5, 0.6) is 5.88 Å². The van der Waals surface area contributed by atoms with Crippen molar-refractivity contribution < 1.29 is 23.0 Å². The topological polar surface area (TPSA) is 72.2 Å². The second-order valence-electron chi connectivity index (χ2n) is 3.11. The lowest BCUT2D eigenvalue weighted by atomic mass is 10.1. The average Bonchev–Trinajstić information content (AvgIpc) is 2.37. The maximum absolute atomic E-state index is 12.6. The first-order valence-corrected chi connectivity index (χ1v) is 4.99. The van der Waals surface area contributed by atoms with Crippen molar-refractivity contribution in [3.05, 3.63) is 22.9 Å². The van der Waals surface area contributed by atoms with Crippen LogP contribution in [0.2, 0.25) is 0 Å². The number of methoxy groups -OCH3 is 1. The average molecular weight is 256 g/mol. The normalized spacial score (nSPS) is 10.0. The first-order valence-electron chi connectivity index (χ1n) is 4.99. The van der Waals surface area contributed by atoms with Gasteiger partial charge in [0.1, 0.15) is 17.3 Å². The fraction of sp³-hybridized carbons (Fsp3) is 0.364. The Kier molecular flexibility index (Phi) is 4.54. The summed E-state index contributed by atoms with van der Waals surface area (Å²) in [6, 6.07) is 2.52. The number of carbonyl (C=O) groups is 1. The predicted octanol–water partition coefficient (Wildman–Crippen LogP) is 2.08. The lowest BCUT2D eigenvalue weighted by molar-refractivity contribution is 0.0524. The summed E-state index contributed by atoms with van der Waals surface area (Å²) in [4.78, 5) is 15.0. The van der Waals surface area contributed by atoms with Gasteiger partial charge in [-0.05, 0) is 13.0 Å². The summed E-state index contributed by atoms with van der Waals surface area (Å²) in [6.45, 7) is 1.63. The van der Waals surface area contributed by atoms with E-state index in [9.17, 15) is 13.6 Å². The number of nitriles is 1. The molecule has 0 aliphatic carbocycles. The van der Waals surface area contributed by atoms with E-state index < -0.39 is 18.1 Å². The van der Waals surface area contributed by atoms with E-state index >= 15 is 0 Å². The van der Waals surface area contributed by atoms with Crippen molar-refractivity contribution in [1.29, 1.82) is 5.26 Å². The highest BCUT2D eigenvalue weighted by Gasteiger charge is 2.22. The zero-order valence-corrected chi connectivity index (χ0v) is 9.74. The van der Waals surface area contributed by atoms with Gasteiger partial charge in [-0.2, -0.15) is 5.26 Å². The molecule has 5 nitrogen and oxygen atoms in total. The number of carbonyl (C=O) groups excluding carboxylic acids is 1. The first kappa shape index (κ1) is 13.8. The number of halogens is 2. The minimum atomic E-state index is -2.88. The molecule has 1 heterocycles. The van der Waals surface area contributed by atoms with Gasteiger partial charge in [0.2, 0.25) is 5.88 Å². The fourth-order valence-electron chi connectivity index (χ4n) is 1.28. The van der Waals surface area contributed by atoms with E-state index in [1.807, 2.05) is 0 Å². The molecule has 0 bridgehead atoms. The number of hydrogen-bond acceptors (Lipinski definition) is 5. The number of hydrogen-bond donors (Lipinski definition) is 0. The van der Waals surface area contributed by atoms with Gasteiger partial charge in [-0.1, -0.05) is 0 Å². The van der Waals surface area contributed by atoms with Gasteiger partial charge in [-0.25, -0.2) is 18.6 Å². The van der Waals surface area contributed by atoms with Crippen molar-refractivity contribution in [1.82, 2.24) is 4.98 Å². The van der Waals surface area contributed by atoms with Crippen LogP contribution < -0.4 is 4.74 Å². The largest absolute Gasteiger partial charge is 0.480 e. The summed E-state index contributed by atoms with van der Waals surface area (Å²) < 4.78 is 34.6. The van der Waals surface area contributed by atoms with Crippen LogP contribution in [-0.2, 0) is 4.74 Å².